The summed E-state index contributed by atoms with van der Waals surface area (Å²) in [6.45, 7) is 2.04. The fraction of sp³-hybridized carbons (Fsp3) is 0.250. The molecule has 1 N–H and O–H groups in total. The third kappa shape index (κ3) is 3.65. The molecule has 0 aliphatic rings. The maximum absolute atomic E-state index is 12.3. The van der Waals surface area contributed by atoms with Gasteiger partial charge in [-0.25, -0.2) is 4.79 Å². The second kappa shape index (κ2) is 7.09. The van der Waals surface area contributed by atoms with Gasteiger partial charge in [-0.05, 0) is 42.6 Å². The van der Waals surface area contributed by atoms with Gasteiger partial charge in [-0.3, -0.25) is 4.79 Å². The van der Waals surface area contributed by atoms with Gasteiger partial charge in [-0.15, -0.1) is 11.3 Å². The summed E-state index contributed by atoms with van der Waals surface area (Å²) in [5, 5.41) is 5.01. The van der Waals surface area contributed by atoms with Crippen molar-refractivity contribution in [2.24, 2.45) is 0 Å². The highest BCUT2D eigenvalue weighted by atomic mass is 32.1. The van der Waals surface area contributed by atoms with Crippen molar-refractivity contribution in [3.05, 3.63) is 46.8 Å². The van der Waals surface area contributed by atoms with E-state index in [0.29, 0.717) is 22.7 Å². The quantitative estimate of drug-likeness (QED) is 0.860. The van der Waals surface area contributed by atoms with Crippen molar-refractivity contribution >= 4 is 33.9 Å². The van der Waals surface area contributed by atoms with E-state index in [0.717, 1.165) is 5.69 Å². The van der Waals surface area contributed by atoms with Crippen molar-refractivity contribution in [1.29, 1.82) is 0 Å². The van der Waals surface area contributed by atoms with Crippen molar-refractivity contribution in [3.8, 4) is 0 Å². The van der Waals surface area contributed by atoms with Crippen LogP contribution in [-0.2, 0) is 4.74 Å². The lowest BCUT2D eigenvalue weighted by atomic mass is 10.2. The van der Waals surface area contributed by atoms with Gasteiger partial charge in [0.1, 0.15) is 5.00 Å². The van der Waals surface area contributed by atoms with Crippen LogP contribution in [0.3, 0.4) is 0 Å². The Balaban J connectivity index is 2.12. The van der Waals surface area contributed by atoms with E-state index in [2.05, 4.69) is 5.32 Å². The predicted molar refractivity (Wildman–Crippen MR) is 89.0 cm³/mol. The van der Waals surface area contributed by atoms with Crippen LogP contribution in [0, 0.1) is 0 Å². The summed E-state index contributed by atoms with van der Waals surface area (Å²) in [7, 11) is 3.87. The Morgan fingerprint density at radius 1 is 1.18 bits per heavy atom. The third-order valence-corrected chi connectivity index (χ3v) is 3.86. The molecule has 5 nitrogen and oxygen atoms in total. The Kier molecular flexibility index (Phi) is 5.16. The van der Waals surface area contributed by atoms with E-state index < -0.39 is 5.97 Å². The van der Waals surface area contributed by atoms with E-state index >= 15 is 0 Å². The molecular weight excluding hydrogens is 300 g/mol. The summed E-state index contributed by atoms with van der Waals surface area (Å²) in [5.41, 5.74) is 1.93. The van der Waals surface area contributed by atoms with Crippen LogP contribution in [0.2, 0.25) is 0 Å². The van der Waals surface area contributed by atoms with Gasteiger partial charge >= 0.3 is 5.97 Å². The van der Waals surface area contributed by atoms with Crippen molar-refractivity contribution in [2.75, 3.05) is 30.9 Å². The number of nitrogens with zero attached hydrogens (tertiary/aromatic N) is 1. The van der Waals surface area contributed by atoms with Gasteiger partial charge in [0.25, 0.3) is 5.91 Å². The number of ether oxygens (including phenoxy) is 1. The Morgan fingerprint density at radius 3 is 2.45 bits per heavy atom. The Bertz CT molecular complexity index is 662. The molecule has 116 valence electrons. The van der Waals surface area contributed by atoms with Crippen LogP contribution in [0.15, 0.2) is 35.7 Å². The lowest BCUT2D eigenvalue weighted by Gasteiger charge is -2.12. The van der Waals surface area contributed by atoms with Crippen molar-refractivity contribution in [1.82, 2.24) is 0 Å². The minimum atomic E-state index is -0.429. The van der Waals surface area contributed by atoms with E-state index in [1.165, 1.54) is 11.3 Å². The maximum atomic E-state index is 12.3. The summed E-state index contributed by atoms with van der Waals surface area (Å²) < 4.78 is 4.97. The summed E-state index contributed by atoms with van der Waals surface area (Å²) in [6.07, 6.45) is 0. The number of benzene rings is 1. The molecule has 0 atom stereocenters. The second-order valence-corrected chi connectivity index (χ2v) is 5.70. The molecule has 1 amide bonds. The highest BCUT2D eigenvalue weighted by molar-refractivity contribution is 7.14. The van der Waals surface area contributed by atoms with Gasteiger partial charge in [-0.1, -0.05) is 0 Å². The van der Waals surface area contributed by atoms with Crippen LogP contribution in [0.1, 0.15) is 27.6 Å². The molecule has 2 rings (SSSR count). The zero-order valence-electron chi connectivity index (χ0n) is 12.8. The van der Waals surface area contributed by atoms with Gasteiger partial charge in [0, 0.05) is 25.3 Å². The number of thiophene rings is 1. The SMILES string of the molecule is CCOC(=O)c1ccsc1NC(=O)c1ccc(N(C)C)cc1. The highest BCUT2D eigenvalue weighted by Gasteiger charge is 2.16. The second-order valence-electron chi connectivity index (χ2n) is 4.78. The van der Waals surface area contributed by atoms with Crippen molar-refractivity contribution in [3.63, 3.8) is 0 Å². The fourth-order valence-corrected chi connectivity index (χ4v) is 2.63. The minimum absolute atomic E-state index is 0.252. The zero-order chi connectivity index (χ0) is 16.1. The molecule has 0 radical (unpaired) electrons. The summed E-state index contributed by atoms with van der Waals surface area (Å²) in [5.74, 6) is -0.680. The molecule has 0 saturated carbocycles. The number of carbonyl (C=O) groups is 2. The Morgan fingerprint density at radius 2 is 1.86 bits per heavy atom. The first-order chi connectivity index (χ1) is 10.5. The van der Waals surface area contributed by atoms with Crippen LogP contribution < -0.4 is 10.2 Å². The molecule has 22 heavy (non-hydrogen) atoms. The van der Waals surface area contributed by atoms with Gasteiger partial charge < -0.3 is 15.0 Å². The number of hydrogen-bond donors (Lipinski definition) is 1. The van der Waals surface area contributed by atoms with Crippen LogP contribution in [-0.4, -0.2) is 32.6 Å². The van der Waals surface area contributed by atoms with Gasteiger partial charge in [-0.2, -0.15) is 0 Å². The average Bonchev–Trinajstić information content (AvgIpc) is 2.95. The molecular formula is C16H18N2O3S. The molecule has 1 heterocycles. The number of nitrogens with one attached hydrogen (secondary N) is 1. The van der Waals surface area contributed by atoms with E-state index in [4.69, 9.17) is 4.74 Å². The number of carbonyl (C=O) groups excluding carboxylic acids is 2. The normalized spacial score (nSPS) is 10.1. The van der Waals surface area contributed by atoms with Crippen molar-refractivity contribution < 1.29 is 14.3 Å². The van der Waals surface area contributed by atoms with Crippen LogP contribution in [0.4, 0.5) is 10.7 Å². The number of amides is 1. The first-order valence-corrected chi connectivity index (χ1v) is 7.74. The predicted octanol–water partition coefficient (Wildman–Crippen LogP) is 3.24. The molecule has 1 aromatic heterocycles. The van der Waals surface area contributed by atoms with E-state index in [9.17, 15) is 9.59 Å². The molecule has 0 aliphatic carbocycles. The molecule has 0 bridgehead atoms. The molecule has 0 aliphatic heterocycles. The van der Waals surface area contributed by atoms with Gasteiger partial charge in [0.2, 0.25) is 0 Å². The van der Waals surface area contributed by atoms with Crippen molar-refractivity contribution in [2.45, 2.75) is 6.92 Å². The number of anilines is 2. The standard InChI is InChI=1S/C16H18N2O3S/c1-4-21-16(20)13-9-10-22-15(13)17-14(19)11-5-7-12(8-6-11)18(2)3/h5-10H,4H2,1-3H3,(H,17,19). The molecule has 2 aromatic rings. The number of rotatable bonds is 5. The lowest BCUT2D eigenvalue weighted by Crippen LogP contribution is -2.14. The Labute approximate surface area is 133 Å². The molecule has 0 spiro atoms. The van der Waals surface area contributed by atoms with Gasteiger partial charge in [0.15, 0.2) is 0 Å². The summed E-state index contributed by atoms with van der Waals surface area (Å²) in [4.78, 5) is 26.0. The maximum Gasteiger partial charge on any atom is 0.341 e. The van der Waals surface area contributed by atoms with Crippen LogP contribution in [0.25, 0.3) is 0 Å². The summed E-state index contributed by atoms with van der Waals surface area (Å²) in [6, 6.07) is 8.89. The molecule has 6 heteroatoms. The Hall–Kier alpha value is -2.34. The van der Waals surface area contributed by atoms with E-state index in [1.54, 1.807) is 30.5 Å². The number of hydrogen-bond acceptors (Lipinski definition) is 5. The largest absolute Gasteiger partial charge is 0.462 e. The molecule has 0 fully saturated rings. The molecule has 0 saturated heterocycles. The van der Waals surface area contributed by atoms with Crippen LogP contribution >= 0.6 is 11.3 Å². The lowest BCUT2D eigenvalue weighted by molar-refractivity contribution is 0.0528. The fourth-order valence-electron chi connectivity index (χ4n) is 1.86. The third-order valence-electron chi connectivity index (χ3n) is 3.03. The first-order valence-electron chi connectivity index (χ1n) is 6.86. The smallest absolute Gasteiger partial charge is 0.341 e. The van der Waals surface area contributed by atoms with Crippen LogP contribution in [0.5, 0.6) is 0 Å². The monoisotopic (exact) mass is 318 g/mol. The topological polar surface area (TPSA) is 58.6 Å². The van der Waals surface area contributed by atoms with Gasteiger partial charge in [0.05, 0.1) is 12.2 Å². The first kappa shape index (κ1) is 16.0. The number of esters is 1. The highest BCUT2D eigenvalue weighted by Crippen LogP contribution is 2.25. The minimum Gasteiger partial charge on any atom is -0.462 e. The average molecular weight is 318 g/mol. The summed E-state index contributed by atoms with van der Waals surface area (Å²) >= 11 is 1.29. The van der Waals surface area contributed by atoms with E-state index in [1.807, 2.05) is 31.1 Å². The zero-order valence-corrected chi connectivity index (χ0v) is 13.6. The molecule has 0 unspecified atom stereocenters. The molecule has 1 aromatic carbocycles. The van der Waals surface area contributed by atoms with E-state index in [-0.39, 0.29) is 5.91 Å².